The largest absolute Gasteiger partial charge is 0.459 e. The zero-order valence-corrected chi connectivity index (χ0v) is 12.1. The molecule has 5 heteroatoms. The van der Waals surface area contributed by atoms with E-state index in [1.165, 1.54) is 4.90 Å². The van der Waals surface area contributed by atoms with Crippen LogP contribution in [-0.4, -0.2) is 37.0 Å². The Balaban J connectivity index is 2.51. The Morgan fingerprint density at radius 3 is 2.61 bits per heavy atom. The number of carbonyl (C=O) groups is 2. The van der Waals surface area contributed by atoms with Gasteiger partial charge < -0.3 is 9.64 Å². The molecule has 1 aromatic carbocycles. The number of rotatable bonds is 4. The number of nitrogens with zero attached hydrogens (tertiary/aromatic N) is 1. The standard InChI is InChI=1S/C13H16BrNO3/c1-3-18-13(17)12(16)15(2)9-8-10-6-4-5-7-11(10)14/h4-7H,3,8-9H2,1-2H3. The third-order valence-corrected chi connectivity index (χ3v) is 3.24. The molecule has 4 nitrogen and oxygen atoms in total. The van der Waals surface area contributed by atoms with E-state index in [9.17, 15) is 9.59 Å². The van der Waals surface area contributed by atoms with Crippen LogP contribution in [0, 0.1) is 0 Å². The maximum Gasteiger partial charge on any atom is 0.396 e. The molecule has 0 radical (unpaired) electrons. The molecule has 0 bridgehead atoms. The van der Waals surface area contributed by atoms with E-state index in [1.807, 2.05) is 24.3 Å². The molecule has 0 N–H and O–H groups in total. The minimum Gasteiger partial charge on any atom is -0.459 e. The topological polar surface area (TPSA) is 46.6 Å². The van der Waals surface area contributed by atoms with Crippen LogP contribution in [0.15, 0.2) is 28.7 Å². The first kappa shape index (κ1) is 14.7. The zero-order valence-electron chi connectivity index (χ0n) is 10.5. The normalized spacial score (nSPS) is 9.94. The number of amides is 1. The Morgan fingerprint density at radius 1 is 1.33 bits per heavy atom. The highest BCUT2D eigenvalue weighted by molar-refractivity contribution is 9.10. The van der Waals surface area contributed by atoms with Gasteiger partial charge in [0.2, 0.25) is 0 Å². The molecule has 0 aromatic heterocycles. The van der Waals surface area contributed by atoms with Crippen molar-refractivity contribution >= 4 is 27.8 Å². The summed E-state index contributed by atoms with van der Waals surface area (Å²) in [6, 6.07) is 7.80. The van der Waals surface area contributed by atoms with Crippen LogP contribution in [0.5, 0.6) is 0 Å². The van der Waals surface area contributed by atoms with Crippen LogP contribution in [0.1, 0.15) is 12.5 Å². The van der Waals surface area contributed by atoms with Crippen molar-refractivity contribution in [3.8, 4) is 0 Å². The molecule has 0 aliphatic heterocycles. The van der Waals surface area contributed by atoms with E-state index in [-0.39, 0.29) is 6.61 Å². The van der Waals surface area contributed by atoms with Crippen LogP contribution < -0.4 is 0 Å². The fraction of sp³-hybridized carbons (Fsp3) is 0.385. The van der Waals surface area contributed by atoms with Gasteiger partial charge in [0, 0.05) is 18.1 Å². The third kappa shape index (κ3) is 4.14. The molecule has 0 spiro atoms. The van der Waals surface area contributed by atoms with Crippen LogP contribution in [0.3, 0.4) is 0 Å². The highest BCUT2D eigenvalue weighted by Crippen LogP contribution is 2.16. The van der Waals surface area contributed by atoms with Gasteiger partial charge in [-0.25, -0.2) is 4.79 Å². The second kappa shape index (κ2) is 7.16. The minimum absolute atomic E-state index is 0.211. The maximum absolute atomic E-state index is 11.6. The van der Waals surface area contributed by atoms with Gasteiger partial charge in [-0.1, -0.05) is 34.1 Å². The first-order chi connectivity index (χ1) is 8.56. The predicted octanol–water partition coefficient (Wildman–Crippen LogP) is 2.01. The summed E-state index contributed by atoms with van der Waals surface area (Å²) in [6.07, 6.45) is 0.684. The molecule has 0 saturated carbocycles. The first-order valence-electron chi connectivity index (χ1n) is 5.72. The highest BCUT2D eigenvalue weighted by Gasteiger charge is 2.19. The molecule has 0 unspecified atom stereocenters. The van der Waals surface area contributed by atoms with Gasteiger partial charge in [0.15, 0.2) is 0 Å². The number of likely N-dealkylation sites (N-methyl/N-ethyl adjacent to an activating group) is 1. The molecule has 98 valence electrons. The molecule has 0 fully saturated rings. The van der Waals surface area contributed by atoms with E-state index in [0.29, 0.717) is 13.0 Å². The number of halogens is 1. The van der Waals surface area contributed by atoms with Crippen LogP contribution >= 0.6 is 15.9 Å². The molecular formula is C13H16BrNO3. The molecular weight excluding hydrogens is 298 g/mol. The van der Waals surface area contributed by atoms with Crippen LogP contribution in [0.2, 0.25) is 0 Å². The lowest BCUT2D eigenvalue weighted by atomic mass is 10.1. The predicted molar refractivity (Wildman–Crippen MR) is 72.1 cm³/mol. The lowest BCUT2D eigenvalue weighted by Gasteiger charge is -2.16. The van der Waals surface area contributed by atoms with Gasteiger partial charge in [-0.3, -0.25) is 4.79 Å². The van der Waals surface area contributed by atoms with Crippen LogP contribution in [0.4, 0.5) is 0 Å². The third-order valence-electron chi connectivity index (χ3n) is 2.47. The van der Waals surface area contributed by atoms with Gasteiger partial charge in [-0.2, -0.15) is 0 Å². The number of ether oxygens (including phenoxy) is 1. The molecule has 0 saturated heterocycles. The summed E-state index contributed by atoms with van der Waals surface area (Å²) in [5.74, 6) is -1.41. The SMILES string of the molecule is CCOC(=O)C(=O)N(C)CCc1ccccc1Br. The molecule has 0 atom stereocenters. The summed E-state index contributed by atoms with van der Waals surface area (Å²) >= 11 is 3.44. The molecule has 1 amide bonds. The lowest BCUT2D eigenvalue weighted by molar-refractivity contribution is -0.159. The van der Waals surface area contributed by atoms with Gasteiger partial charge in [0.25, 0.3) is 0 Å². The second-order valence-electron chi connectivity index (χ2n) is 3.79. The molecule has 0 aliphatic rings. The Bertz CT molecular complexity index is 434. The van der Waals surface area contributed by atoms with Gasteiger partial charge in [-0.05, 0) is 25.0 Å². The summed E-state index contributed by atoms with van der Waals surface area (Å²) in [5, 5.41) is 0. The van der Waals surface area contributed by atoms with E-state index < -0.39 is 11.9 Å². The maximum atomic E-state index is 11.6. The van der Waals surface area contributed by atoms with Crippen LogP contribution in [-0.2, 0) is 20.7 Å². The smallest absolute Gasteiger partial charge is 0.396 e. The first-order valence-corrected chi connectivity index (χ1v) is 6.51. The average Bonchev–Trinajstić information content (AvgIpc) is 2.36. The molecule has 1 aromatic rings. The fourth-order valence-corrected chi connectivity index (χ4v) is 1.92. The van der Waals surface area contributed by atoms with Crippen molar-refractivity contribution in [3.05, 3.63) is 34.3 Å². The van der Waals surface area contributed by atoms with Crippen LogP contribution in [0.25, 0.3) is 0 Å². The number of esters is 1. The van der Waals surface area contributed by atoms with Crippen molar-refractivity contribution in [2.75, 3.05) is 20.2 Å². The molecule has 0 aliphatic carbocycles. The zero-order chi connectivity index (χ0) is 13.5. The summed E-state index contributed by atoms with van der Waals surface area (Å²) in [6.45, 7) is 2.36. The quantitative estimate of drug-likeness (QED) is 0.631. The Labute approximate surface area is 115 Å². The highest BCUT2D eigenvalue weighted by atomic mass is 79.9. The fourth-order valence-electron chi connectivity index (χ4n) is 1.44. The lowest BCUT2D eigenvalue weighted by Crippen LogP contribution is -2.35. The second-order valence-corrected chi connectivity index (χ2v) is 4.64. The van der Waals surface area contributed by atoms with Crippen molar-refractivity contribution in [2.24, 2.45) is 0 Å². The van der Waals surface area contributed by atoms with Crippen molar-refractivity contribution < 1.29 is 14.3 Å². The Morgan fingerprint density at radius 2 is 2.00 bits per heavy atom. The van der Waals surface area contributed by atoms with Gasteiger partial charge in [0.1, 0.15) is 0 Å². The molecule has 1 rings (SSSR count). The van der Waals surface area contributed by atoms with E-state index in [4.69, 9.17) is 0 Å². The molecule has 0 heterocycles. The van der Waals surface area contributed by atoms with Gasteiger partial charge >= 0.3 is 11.9 Å². The number of hydrogen-bond acceptors (Lipinski definition) is 3. The molecule has 18 heavy (non-hydrogen) atoms. The number of carbonyl (C=O) groups excluding carboxylic acids is 2. The van der Waals surface area contributed by atoms with E-state index in [2.05, 4.69) is 20.7 Å². The Hall–Kier alpha value is -1.36. The summed E-state index contributed by atoms with van der Waals surface area (Å²) in [5.41, 5.74) is 1.10. The number of benzene rings is 1. The van der Waals surface area contributed by atoms with Gasteiger partial charge in [0.05, 0.1) is 6.61 Å². The van der Waals surface area contributed by atoms with Crippen molar-refractivity contribution in [2.45, 2.75) is 13.3 Å². The minimum atomic E-state index is -0.799. The monoisotopic (exact) mass is 313 g/mol. The average molecular weight is 314 g/mol. The van der Waals surface area contributed by atoms with E-state index in [1.54, 1.807) is 14.0 Å². The van der Waals surface area contributed by atoms with Crippen molar-refractivity contribution in [1.29, 1.82) is 0 Å². The number of hydrogen-bond donors (Lipinski definition) is 0. The summed E-state index contributed by atoms with van der Waals surface area (Å²) < 4.78 is 5.66. The van der Waals surface area contributed by atoms with E-state index >= 15 is 0 Å². The summed E-state index contributed by atoms with van der Waals surface area (Å²) in [4.78, 5) is 24.2. The van der Waals surface area contributed by atoms with Crippen molar-refractivity contribution in [1.82, 2.24) is 4.90 Å². The summed E-state index contributed by atoms with van der Waals surface area (Å²) in [7, 11) is 1.59. The van der Waals surface area contributed by atoms with Crippen molar-refractivity contribution in [3.63, 3.8) is 0 Å². The Kier molecular flexibility index (Phi) is 5.85. The van der Waals surface area contributed by atoms with Gasteiger partial charge in [-0.15, -0.1) is 0 Å². The van der Waals surface area contributed by atoms with E-state index in [0.717, 1.165) is 10.0 Å².